The Morgan fingerprint density at radius 1 is 1.07 bits per heavy atom. The number of nitrogens with zero attached hydrogens (tertiary/aromatic N) is 2. The molecular weight excluding hydrogens is 356 g/mol. The summed E-state index contributed by atoms with van der Waals surface area (Å²) in [7, 11) is 0. The minimum atomic E-state index is -0.539. The second-order valence-corrected chi connectivity index (χ2v) is 7.94. The summed E-state index contributed by atoms with van der Waals surface area (Å²) >= 11 is 0. The first-order valence-electron chi connectivity index (χ1n) is 9.83. The zero-order chi connectivity index (χ0) is 19.4. The maximum absolute atomic E-state index is 13.5. The highest BCUT2D eigenvalue weighted by Gasteiger charge is 2.53. The largest absolute Gasteiger partial charge is 0.483 e. The minimum absolute atomic E-state index is 0.0487. The number of benzene rings is 1. The van der Waals surface area contributed by atoms with E-state index >= 15 is 0 Å². The third-order valence-corrected chi connectivity index (χ3v) is 6.02. The van der Waals surface area contributed by atoms with Crippen molar-refractivity contribution >= 4 is 17.5 Å². The van der Waals surface area contributed by atoms with Gasteiger partial charge in [0.15, 0.2) is 17.4 Å². The molecule has 6 heteroatoms. The molecule has 1 amide bonds. The van der Waals surface area contributed by atoms with Crippen LogP contribution in [0.25, 0.3) is 0 Å². The number of aryl methyl sites for hydroxylation is 2. The predicted molar refractivity (Wildman–Crippen MR) is 102 cm³/mol. The van der Waals surface area contributed by atoms with Crippen LogP contribution in [-0.4, -0.2) is 23.0 Å². The van der Waals surface area contributed by atoms with E-state index in [1.165, 1.54) is 0 Å². The fourth-order valence-corrected chi connectivity index (χ4v) is 4.61. The van der Waals surface area contributed by atoms with Crippen molar-refractivity contribution in [1.29, 1.82) is 0 Å². The molecule has 0 N–H and O–H groups in total. The van der Waals surface area contributed by atoms with Gasteiger partial charge in [-0.25, -0.2) is 0 Å². The number of ether oxygens (including phenoxy) is 1. The summed E-state index contributed by atoms with van der Waals surface area (Å²) in [5, 5.41) is 4.05. The monoisotopic (exact) mass is 378 g/mol. The molecule has 3 atom stereocenters. The van der Waals surface area contributed by atoms with E-state index < -0.39 is 6.04 Å². The first kappa shape index (κ1) is 17.2. The van der Waals surface area contributed by atoms with E-state index in [1.807, 2.05) is 31.2 Å². The van der Waals surface area contributed by atoms with Crippen molar-refractivity contribution in [1.82, 2.24) is 5.16 Å². The summed E-state index contributed by atoms with van der Waals surface area (Å²) in [6, 6.07) is 9.08. The molecule has 1 saturated carbocycles. The minimum Gasteiger partial charge on any atom is -0.483 e. The van der Waals surface area contributed by atoms with E-state index in [2.05, 4.69) is 5.16 Å². The lowest BCUT2D eigenvalue weighted by atomic mass is 9.77. The molecule has 5 rings (SSSR count). The van der Waals surface area contributed by atoms with Gasteiger partial charge in [0.25, 0.3) is 5.91 Å². The third kappa shape index (κ3) is 2.51. The van der Waals surface area contributed by atoms with Gasteiger partial charge in [-0.15, -0.1) is 0 Å². The summed E-state index contributed by atoms with van der Waals surface area (Å²) in [5.41, 5.74) is 2.46. The van der Waals surface area contributed by atoms with Gasteiger partial charge in [-0.05, 0) is 38.7 Å². The van der Waals surface area contributed by atoms with E-state index in [0.717, 1.165) is 36.8 Å². The van der Waals surface area contributed by atoms with E-state index in [4.69, 9.17) is 9.26 Å². The van der Waals surface area contributed by atoms with Crippen LogP contribution in [0.1, 0.15) is 48.6 Å². The molecule has 0 radical (unpaired) electrons. The Balaban J connectivity index is 1.65. The maximum Gasteiger partial charge on any atom is 0.295 e. The first-order valence-corrected chi connectivity index (χ1v) is 9.83. The molecule has 3 aliphatic rings. The zero-order valence-corrected chi connectivity index (χ0v) is 16.0. The van der Waals surface area contributed by atoms with Crippen LogP contribution < -0.4 is 4.90 Å². The molecule has 28 heavy (non-hydrogen) atoms. The van der Waals surface area contributed by atoms with Crippen LogP contribution in [0.5, 0.6) is 0 Å². The summed E-state index contributed by atoms with van der Waals surface area (Å²) in [4.78, 5) is 28.3. The molecule has 1 aromatic heterocycles. The summed E-state index contributed by atoms with van der Waals surface area (Å²) in [5.74, 6) is 0.781. The van der Waals surface area contributed by atoms with Crippen molar-refractivity contribution in [3.05, 3.63) is 58.6 Å². The van der Waals surface area contributed by atoms with Crippen molar-refractivity contribution in [3.8, 4) is 0 Å². The van der Waals surface area contributed by atoms with Gasteiger partial charge < -0.3 is 9.26 Å². The highest BCUT2D eigenvalue weighted by Crippen LogP contribution is 2.48. The Morgan fingerprint density at radius 3 is 2.54 bits per heavy atom. The van der Waals surface area contributed by atoms with E-state index in [-0.39, 0.29) is 29.5 Å². The molecule has 1 aliphatic carbocycles. The Hall–Kier alpha value is -2.89. The normalized spacial score (nSPS) is 26.9. The van der Waals surface area contributed by atoms with E-state index in [9.17, 15) is 9.59 Å². The number of carbonyl (C=O) groups is 2. The quantitative estimate of drug-likeness (QED) is 0.795. The number of ketones is 1. The van der Waals surface area contributed by atoms with Crippen LogP contribution in [0.3, 0.4) is 0 Å². The van der Waals surface area contributed by atoms with Crippen molar-refractivity contribution in [3.63, 3.8) is 0 Å². The highest BCUT2D eigenvalue weighted by atomic mass is 16.5. The molecule has 2 aliphatic heterocycles. The van der Waals surface area contributed by atoms with E-state index in [1.54, 1.807) is 17.9 Å². The lowest BCUT2D eigenvalue weighted by molar-refractivity contribution is -0.131. The zero-order valence-electron chi connectivity index (χ0n) is 16.0. The molecule has 0 saturated heterocycles. The summed E-state index contributed by atoms with van der Waals surface area (Å²) in [6.45, 7) is 3.79. The maximum atomic E-state index is 13.5. The lowest BCUT2D eigenvalue weighted by Gasteiger charge is -2.35. The topological polar surface area (TPSA) is 72.6 Å². The molecule has 1 aromatic carbocycles. The van der Waals surface area contributed by atoms with E-state index in [0.29, 0.717) is 17.2 Å². The number of Topliss-reactive ketones (excluding diaryl/α,β-unsaturated/α-hetero) is 1. The standard InChI is InChI=1S/C22H22N2O4/c1-12-7-9-14(10-8-12)19-18-20(25)15-5-3-4-6-16(15)27-21(18)22(26)24(19)17-11-13(2)28-23-17/h7-11,15-16,19H,3-6H2,1-2H3. The first-order chi connectivity index (χ1) is 13.5. The Labute approximate surface area is 163 Å². The summed E-state index contributed by atoms with van der Waals surface area (Å²) in [6.07, 6.45) is 3.49. The van der Waals surface area contributed by atoms with Crippen molar-refractivity contribution < 1.29 is 18.8 Å². The van der Waals surface area contributed by atoms with Crippen LogP contribution in [0.4, 0.5) is 5.82 Å². The van der Waals surface area contributed by atoms with Gasteiger partial charge in [-0.3, -0.25) is 14.5 Å². The highest BCUT2D eigenvalue weighted by molar-refractivity contribution is 6.17. The molecule has 2 aromatic rings. The second-order valence-electron chi connectivity index (χ2n) is 7.94. The Bertz CT molecular complexity index is 988. The van der Waals surface area contributed by atoms with Gasteiger partial charge in [0.2, 0.25) is 0 Å². The SMILES string of the molecule is Cc1ccc(C2C3=C(OC4CCCCC4C3=O)C(=O)N2c2cc(C)on2)cc1. The van der Waals surface area contributed by atoms with Crippen molar-refractivity contribution in [2.24, 2.45) is 5.92 Å². The Morgan fingerprint density at radius 2 is 1.82 bits per heavy atom. The van der Waals surface area contributed by atoms with Crippen molar-refractivity contribution in [2.45, 2.75) is 51.7 Å². The Kier molecular flexibility index (Phi) is 3.89. The van der Waals surface area contributed by atoms with Gasteiger partial charge in [0, 0.05) is 6.07 Å². The molecule has 0 bridgehead atoms. The third-order valence-electron chi connectivity index (χ3n) is 6.02. The predicted octanol–water partition coefficient (Wildman–Crippen LogP) is 3.79. The fraction of sp³-hybridized carbons (Fsp3) is 0.409. The molecular formula is C22H22N2O4. The number of carbonyl (C=O) groups excluding carboxylic acids is 2. The average molecular weight is 378 g/mol. The van der Waals surface area contributed by atoms with Gasteiger partial charge in [-0.2, -0.15) is 0 Å². The number of amides is 1. The van der Waals surface area contributed by atoms with Crippen LogP contribution in [0.2, 0.25) is 0 Å². The number of aromatic nitrogens is 1. The number of anilines is 1. The van der Waals surface area contributed by atoms with Gasteiger partial charge in [-0.1, -0.05) is 41.4 Å². The lowest BCUT2D eigenvalue weighted by Crippen LogP contribution is -2.39. The summed E-state index contributed by atoms with van der Waals surface area (Å²) < 4.78 is 11.4. The smallest absolute Gasteiger partial charge is 0.295 e. The van der Waals surface area contributed by atoms with Gasteiger partial charge in [0.1, 0.15) is 11.9 Å². The van der Waals surface area contributed by atoms with Crippen LogP contribution in [0, 0.1) is 19.8 Å². The number of hydrogen-bond acceptors (Lipinski definition) is 5. The van der Waals surface area contributed by atoms with Crippen LogP contribution >= 0.6 is 0 Å². The van der Waals surface area contributed by atoms with Gasteiger partial charge in [0.05, 0.1) is 17.5 Å². The number of fused-ring (bicyclic) bond motifs is 1. The molecule has 0 spiro atoms. The second kappa shape index (κ2) is 6.33. The molecule has 1 fully saturated rings. The molecule has 3 unspecified atom stereocenters. The number of hydrogen-bond donors (Lipinski definition) is 0. The number of rotatable bonds is 2. The molecule has 3 heterocycles. The van der Waals surface area contributed by atoms with Crippen molar-refractivity contribution in [2.75, 3.05) is 4.90 Å². The fourth-order valence-electron chi connectivity index (χ4n) is 4.61. The van der Waals surface area contributed by atoms with Crippen LogP contribution in [0.15, 0.2) is 46.2 Å². The molecule has 144 valence electrons. The van der Waals surface area contributed by atoms with Crippen LogP contribution in [-0.2, 0) is 14.3 Å². The molecule has 6 nitrogen and oxygen atoms in total. The van der Waals surface area contributed by atoms with Gasteiger partial charge >= 0.3 is 0 Å². The average Bonchev–Trinajstić information content (AvgIpc) is 3.24.